The van der Waals surface area contributed by atoms with Crippen LogP contribution in [0, 0.1) is 10.1 Å². The Hall–Kier alpha value is -1.13. The zero-order valence-electron chi connectivity index (χ0n) is 4.57. The van der Waals surface area contributed by atoms with E-state index in [4.69, 9.17) is 0 Å². The fraction of sp³-hybridized carbons (Fsp3) is 0.750. The number of nitrogens with zero attached hydrogens (tertiary/aromatic N) is 1. The molecule has 0 aromatic rings. The van der Waals surface area contributed by atoms with Crippen LogP contribution in [0.1, 0.15) is 6.42 Å². The third-order valence-corrected chi connectivity index (χ3v) is 1.14. The molecule has 1 heterocycles. The second-order valence-electron chi connectivity index (χ2n) is 1.83. The average Bonchev–Trinajstić information content (AvgIpc) is 2.14. The topological polar surface area (TPSA) is 69.4 Å². The van der Waals surface area contributed by atoms with Gasteiger partial charge in [0, 0.05) is 4.92 Å². The fourth-order valence-electron chi connectivity index (χ4n) is 0.635. The summed E-state index contributed by atoms with van der Waals surface area (Å²) in [6, 6.07) is -0.808. The van der Waals surface area contributed by atoms with Crippen molar-refractivity contribution in [3.63, 3.8) is 0 Å². The van der Waals surface area contributed by atoms with Crippen LogP contribution in [-0.2, 0) is 9.53 Å². The second kappa shape index (κ2) is 2.00. The number of carbonyl (C=O) groups excluding carboxylic acids is 1. The molecule has 0 saturated carbocycles. The maximum absolute atomic E-state index is 10.2. The van der Waals surface area contributed by atoms with Crippen LogP contribution in [0.4, 0.5) is 0 Å². The molecule has 0 aliphatic carbocycles. The predicted octanol–water partition coefficient (Wildman–Crippen LogP) is -0.421. The van der Waals surface area contributed by atoms with Gasteiger partial charge < -0.3 is 4.74 Å². The molecule has 0 N–H and O–H groups in total. The Bertz CT molecular complexity index is 155. The Labute approximate surface area is 50.8 Å². The van der Waals surface area contributed by atoms with Crippen LogP contribution in [0.5, 0.6) is 0 Å². The maximum atomic E-state index is 10.2. The molecular weight excluding hydrogens is 126 g/mol. The minimum Gasteiger partial charge on any atom is -0.458 e. The summed E-state index contributed by atoms with van der Waals surface area (Å²) in [6.45, 7) is -0.0637. The lowest BCUT2D eigenvalue weighted by Crippen LogP contribution is -2.18. The summed E-state index contributed by atoms with van der Waals surface area (Å²) >= 11 is 0. The van der Waals surface area contributed by atoms with Crippen LogP contribution in [0.15, 0.2) is 0 Å². The van der Waals surface area contributed by atoms with Gasteiger partial charge in [-0.05, 0) is 0 Å². The van der Waals surface area contributed by atoms with E-state index in [0.717, 1.165) is 0 Å². The number of ether oxygens (including phenoxy) is 1. The first-order valence-corrected chi connectivity index (χ1v) is 2.49. The largest absolute Gasteiger partial charge is 0.458 e. The summed E-state index contributed by atoms with van der Waals surface area (Å²) in [5, 5.41) is 9.92. The summed E-state index contributed by atoms with van der Waals surface area (Å²) in [6.07, 6.45) is -0.0764. The number of hydrogen-bond donors (Lipinski definition) is 0. The second-order valence-corrected chi connectivity index (χ2v) is 1.83. The third kappa shape index (κ3) is 1.16. The van der Waals surface area contributed by atoms with Crippen molar-refractivity contribution in [2.24, 2.45) is 0 Å². The molecule has 1 atom stereocenters. The summed E-state index contributed by atoms with van der Waals surface area (Å²) in [7, 11) is 0. The van der Waals surface area contributed by atoms with Crippen LogP contribution in [-0.4, -0.2) is 23.5 Å². The highest BCUT2D eigenvalue weighted by molar-refractivity contribution is 5.71. The molecule has 1 unspecified atom stereocenters. The molecule has 5 nitrogen and oxygen atoms in total. The molecule has 1 fully saturated rings. The van der Waals surface area contributed by atoms with Crippen LogP contribution in [0.2, 0.25) is 0 Å². The normalized spacial score (nSPS) is 25.8. The Morgan fingerprint density at radius 1 is 1.78 bits per heavy atom. The van der Waals surface area contributed by atoms with E-state index in [2.05, 4.69) is 4.74 Å². The van der Waals surface area contributed by atoms with Gasteiger partial charge in [-0.3, -0.25) is 14.9 Å². The first-order valence-electron chi connectivity index (χ1n) is 2.49. The molecule has 5 heteroatoms. The van der Waals surface area contributed by atoms with Crippen molar-refractivity contribution >= 4 is 5.97 Å². The Morgan fingerprint density at radius 3 is 2.67 bits per heavy atom. The number of esters is 1. The van der Waals surface area contributed by atoms with Gasteiger partial charge in [-0.15, -0.1) is 0 Å². The Kier molecular flexibility index (Phi) is 1.33. The van der Waals surface area contributed by atoms with Gasteiger partial charge in [0.25, 0.3) is 6.04 Å². The van der Waals surface area contributed by atoms with Crippen LogP contribution in [0.3, 0.4) is 0 Å². The highest BCUT2D eigenvalue weighted by Gasteiger charge is 2.32. The first-order chi connectivity index (χ1) is 4.20. The van der Waals surface area contributed by atoms with E-state index in [1.165, 1.54) is 0 Å². The van der Waals surface area contributed by atoms with Gasteiger partial charge in [0.2, 0.25) is 0 Å². The van der Waals surface area contributed by atoms with Crippen molar-refractivity contribution in [3.05, 3.63) is 10.1 Å². The first kappa shape index (κ1) is 6.00. The van der Waals surface area contributed by atoms with Crippen LogP contribution >= 0.6 is 0 Å². The number of cyclic esters (lactones) is 1. The zero-order valence-corrected chi connectivity index (χ0v) is 4.57. The molecule has 0 spiro atoms. The number of carbonyl (C=O) groups is 1. The molecule has 0 bridgehead atoms. The monoisotopic (exact) mass is 131 g/mol. The third-order valence-electron chi connectivity index (χ3n) is 1.14. The minimum atomic E-state index is -0.808. The van der Waals surface area contributed by atoms with Gasteiger partial charge in [-0.25, -0.2) is 0 Å². The van der Waals surface area contributed by atoms with Crippen molar-refractivity contribution in [1.29, 1.82) is 0 Å². The van der Waals surface area contributed by atoms with E-state index < -0.39 is 16.9 Å². The van der Waals surface area contributed by atoms with Gasteiger partial charge in [0.15, 0.2) is 6.61 Å². The van der Waals surface area contributed by atoms with Crippen molar-refractivity contribution in [3.8, 4) is 0 Å². The molecule has 1 aliphatic rings. The summed E-state index contributed by atoms with van der Waals surface area (Å²) < 4.78 is 4.35. The predicted molar refractivity (Wildman–Crippen MR) is 26.4 cm³/mol. The molecule has 50 valence electrons. The van der Waals surface area contributed by atoms with Crippen molar-refractivity contribution in [1.82, 2.24) is 0 Å². The lowest BCUT2D eigenvalue weighted by Gasteiger charge is -1.92. The summed E-state index contributed by atoms with van der Waals surface area (Å²) in [4.78, 5) is 19.7. The highest BCUT2D eigenvalue weighted by atomic mass is 16.6. The van der Waals surface area contributed by atoms with E-state index in [1.54, 1.807) is 0 Å². The zero-order chi connectivity index (χ0) is 6.85. The Balaban J connectivity index is 2.48. The molecule has 1 rings (SSSR count). The maximum Gasteiger partial charge on any atom is 0.313 e. The molecule has 0 aromatic heterocycles. The lowest BCUT2D eigenvalue weighted by molar-refractivity contribution is -0.519. The van der Waals surface area contributed by atoms with Gasteiger partial charge in [0.05, 0.1) is 0 Å². The van der Waals surface area contributed by atoms with E-state index >= 15 is 0 Å². The number of hydrogen-bond acceptors (Lipinski definition) is 4. The van der Waals surface area contributed by atoms with E-state index in [9.17, 15) is 14.9 Å². The van der Waals surface area contributed by atoms with Crippen LogP contribution < -0.4 is 0 Å². The molecule has 0 amide bonds. The summed E-state index contributed by atoms with van der Waals surface area (Å²) in [5.74, 6) is -0.475. The van der Waals surface area contributed by atoms with Crippen LogP contribution in [0.25, 0.3) is 0 Å². The highest BCUT2D eigenvalue weighted by Crippen LogP contribution is 2.07. The van der Waals surface area contributed by atoms with E-state index in [-0.39, 0.29) is 13.0 Å². The van der Waals surface area contributed by atoms with Gasteiger partial charge in [-0.2, -0.15) is 0 Å². The Morgan fingerprint density at radius 2 is 2.44 bits per heavy atom. The number of nitro groups is 1. The quantitative estimate of drug-likeness (QED) is 0.275. The smallest absolute Gasteiger partial charge is 0.313 e. The summed E-state index contributed by atoms with van der Waals surface area (Å²) in [5.41, 5.74) is 0. The molecule has 1 saturated heterocycles. The van der Waals surface area contributed by atoms with Gasteiger partial charge in [0.1, 0.15) is 6.42 Å². The standard InChI is InChI=1S/C4H5NO4/c6-4-1-3(2-9-4)5(7)8/h3H,1-2H2. The molecule has 9 heavy (non-hydrogen) atoms. The number of rotatable bonds is 1. The van der Waals surface area contributed by atoms with Gasteiger partial charge in [-0.1, -0.05) is 0 Å². The van der Waals surface area contributed by atoms with Gasteiger partial charge >= 0.3 is 5.97 Å². The van der Waals surface area contributed by atoms with Crippen molar-refractivity contribution in [2.75, 3.05) is 6.61 Å². The van der Waals surface area contributed by atoms with E-state index in [1.807, 2.05) is 0 Å². The molecule has 1 aliphatic heterocycles. The van der Waals surface area contributed by atoms with Crippen molar-refractivity contribution in [2.45, 2.75) is 12.5 Å². The molecular formula is C4H5NO4. The van der Waals surface area contributed by atoms with E-state index in [0.29, 0.717) is 0 Å². The lowest BCUT2D eigenvalue weighted by atomic mass is 10.3. The molecule has 0 radical (unpaired) electrons. The SMILES string of the molecule is O=C1CC([N+](=O)[O-])CO1. The minimum absolute atomic E-state index is 0.0637. The molecule has 0 aromatic carbocycles. The van der Waals surface area contributed by atoms with Crippen molar-refractivity contribution < 1.29 is 14.5 Å². The average molecular weight is 131 g/mol. The fourth-order valence-corrected chi connectivity index (χ4v) is 0.635.